The van der Waals surface area contributed by atoms with Crippen LogP contribution in [-0.4, -0.2) is 15.5 Å². The molecule has 114 valence electrons. The second-order valence-corrected chi connectivity index (χ2v) is 6.81. The molecule has 1 amide bonds. The predicted molar refractivity (Wildman–Crippen MR) is 84.7 cm³/mol. The highest BCUT2D eigenvalue weighted by molar-refractivity contribution is 9.10. The molecular weight excluding hydrogens is 361 g/mol. The smallest absolute Gasteiger partial charge is 0.240 e. The highest BCUT2D eigenvalue weighted by Crippen LogP contribution is 2.33. The van der Waals surface area contributed by atoms with Gasteiger partial charge in [-0.15, -0.1) is 11.6 Å². The van der Waals surface area contributed by atoms with Gasteiger partial charge in [-0.1, -0.05) is 13.8 Å². The molecule has 1 aromatic heterocycles. The van der Waals surface area contributed by atoms with Crippen molar-refractivity contribution in [2.24, 2.45) is 11.7 Å². The molecule has 2 unspecified atom stereocenters. The van der Waals surface area contributed by atoms with Gasteiger partial charge in [0.05, 0.1) is 20.9 Å². The van der Waals surface area contributed by atoms with Gasteiger partial charge in [0, 0.05) is 6.07 Å². The summed E-state index contributed by atoms with van der Waals surface area (Å²) in [6, 6.07) is 2.32. The van der Waals surface area contributed by atoms with Crippen molar-refractivity contribution in [3.05, 3.63) is 28.2 Å². The molecule has 2 N–H and O–H groups in total. The Morgan fingerprint density at radius 3 is 2.52 bits per heavy atom. The molecule has 0 saturated heterocycles. The highest BCUT2D eigenvalue weighted by Gasteiger charge is 2.28. The Hall–Kier alpha value is -1.14. The van der Waals surface area contributed by atoms with Gasteiger partial charge in [0.1, 0.15) is 17.7 Å². The number of primary amides is 1. The standard InChI is InChI=1S/C14H16BrClFN3O/c1-6(2)12(13(18)21)20-11-4-8(15)9(17)5-10(11)19-14(20)7(3)16/h4-7,12H,1-3H3,(H2,18,21). The zero-order valence-corrected chi connectivity index (χ0v) is 14.2. The van der Waals surface area contributed by atoms with E-state index in [4.69, 9.17) is 17.3 Å². The Morgan fingerprint density at radius 1 is 1.43 bits per heavy atom. The van der Waals surface area contributed by atoms with Crippen molar-refractivity contribution in [1.82, 2.24) is 9.55 Å². The summed E-state index contributed by atoms with van der Waals surface area (Å²) in [6.45, 7) is 5.54. The lowest BCUT2D eigenvalue weighted by molar-refractivity contribution is -0.122. The molecule has 0 fully saturated rings. The number of benzene rings is 1. The fraction of sp³-hybridized carbons (Fsp3) is 0.429. The van der Waals surface area contributed by atoms with Crippen molar-refractivity contribution < 1.29 is 9.18 Å². The van der Waals surface area contributed by atoms with Crippen LogP contribution in [-0.2, 0) is 4.79 Å². The third kappa shape index (κ3) is 2.92. The maximum atomic E-state index is 13.7. The van der Waals surface area contributed by atoms with Crippen LogP contribution < -0.4 is 5.73 Å². The van der Waals surface area contributed by atoms with Crippen molar-refractivity contribution in [3.8, 4) is 0 Å². The quantitative estimate of drug-likeness (QED) is 0.822. The zero-order valence-electron chi connectivity index (χ0n) is 11.9. The van der Waals surface area contributed by atoms with E-state index in [9.17, 15) is 9.18 Å². The molecule has 21 heavy (non-hydrogen) atoms. The van der Waals surface area contributed by atoms with Crippen molar-refractivity contribution in [1.29, 1.82) is 0 Å². The minimum atomic E-state index is -0.594. The van der Waals surface area contributed by atoms with E-state index in [0.717, 1.165) is 0 Å². The molecule has 0 spiro atoms. The number of imidazole rings is 1. The molecule has 4 nitrogen and oxygen atoms in total. The predicted octanol–water partition coefficient (Wildman–Crippen LogP) is 3.92. The second kappa shape index (κ2) is 5.93. The van der Waals surface area contributed by atoms with E-state index in [1.54, 1.807) is 17.6 Å². The van der Waals surface area contributed by atoms with Crippen LogP contribution in [0.25, 0.3) is 11.0 Å². The van der Waals surface area contributed by atoms with Crippen LogP contribution in [0.2, 0.25) is 0 Å². The lowest BCUT2D eigenvalue weighted by Crippen LogP contribution is -2.31. The molecule has 1 heterocycles. The van der Waals surface area contributed by atoms with E-state index in [1.807, 2.05) is 13.8 Å². The van der Waals surface area contributed by atoms with Crippen molar-refractivity contribution in [2.45, 2.75) is 32.2 Å². The van der Waals surface area contributed by atoms with Gasteiger partial charge < -0.3 is 10.3 Å². The van der Waals surface area contributed by atoms with Crippen LogP contribution in [0, 0.1) is 11.7 Å². The van der Waals surface area contributed by atoms with E-state index in [1.165, 1.54) is 6.07 Å². The Labute approximate surface area is 135 Å². The molecule has 2 atom stereocenters. The fourth-order valence-corrected chi connectivity index (χ4v) is 2.92. The number of alkyl halides is 1. The number of rotatable bonds is 4. The molecule has 0 aliphatic carbocycles. The van der Waals surface area contributed by atoms with E-state index in [-0.39, 0.29) is 5.92 Å². The number of halogens is 3. The maximum Gasteiger partial charge on any atom is 0.240 e. The monoisotopic (exact) mass is 375 g/mol. The molecule has 2 aromatic rings. The number of nitrogens with two attached hydrogens (primary N) is 1. The molecule has 0 aliphatic rings. The summed E-state index contributed by atoms with van der Waals surface area (Å²) in [4.78, 5) is 16.2. The number of nitrogens with zero attached hydrogens (tertiary/aromatic N) is 2. The molecule has 2 rings (SSSR count). The molecule has 7 heteroatoms. The number of amides is 1. The third-order valence-corrected chi connectivity index (χ3v) is 4.12. The summed E-state index contributed by atoms with van der Waals surface area (Å²) in [6.07, 6.45) is 0. The average Bonchev–Trinajstić information content (AvgIpc) is 2.68. The number of carbonyl (C=O) groups excluding carboxylic acids is 1. The third-order valence-electron chi connectivity index (χ3n) is 3.32. The minimum Gasteiger partial charge on any atom is -0.368 e. The first kappa shape index (κ1) is 16.2. The van der Waals surface area contributed by atoms with Crippen LogP contribution in [0.3, 0.4) is 0 Å². The minimum absolute atomic E-state index is 0.0436. The lowest BCUT2D eigenvalue weighted by atomic mass is 10.0. The Balaban J connectivity index is 2.83. The molecule has 0 bridgehead atoms. The van der Waals surface area contributed by atoms with Crippen molar-refractivity contribution in [3.63, 3.8) is 0 Å². The number of fused-ring (bicyclic) bond motifs is 1. The number of aromatic nitrogens is 2. The van der Waals surface area contributed by atoms with Gasteiger partial charge in [-0.3, -0.25) is 4.79 Å². The average molecular weight is 377 g/mol. The number of carbonyl (C=O) groups is 1. The molecule has 0 radical (unpaired) electrons. The first-order valence-electron chi connectivity index (χ1n) is 6.54. The van der Waals surface area contributed by atoms with Gasteiger partial charge in [-0.05, 0) is 34.8 Å². The first-order chi connectivity index (χ1) is 9.73. The zero-order chi connectivity index (χ0) is 15.9. The van der Waals surface area contributed by atoms with Gasteiger partial charge in [-0.2, -0.15) is 0 Å². The summed E-state index contributed by atoms with van der Waals surface area (Å²) in [5.74, 6) is -0.427. The first-order valence-corrected chi connectivity index (χ1v) is 7.77. The topological polar surface area (TPSA) is 60.9 Å². The summed E-state index contributed by atoms with van der Waals surface area (Å²) < 4.78 is 15.7. The van der Waals surface area contributed by atoms with Gasteiger partial charge >= 0.3 is 0 Å². The summed E-state index contributed by atoms with van der Waals surface area (Å²) in [7, 11) is 0. The van der Waals surface area contributed by atoms with Crippen LogP contribution in [0.5, 0.6) is 0 Å². The van der Waals surface area contributed by atoms with Gasteiger partial charge in [0.25, 0.3) is 0 Å². The van der Waals surface area contributed by atoms with Gasteiger partial charge in [0.2, 0.25) is 5.91 Å². The summed E-state index contributed by atoms with van der Waals surface area (Å²) in [5, 5.41) is -0.431. The maximum absolute atomic E-state index is 13.7. The Morgan fingerprint density at radius 2 is 2.05 bits per heavy atom. The summed E-state index contributed by atoms with van der Waals surface area (Å²) >= 11 is 9.33. The Bertz CT molecular complexity index is 699. The lowest BCUT2D eigenvalue weighted by Gasteiger charge is -2.23. The van der Waals surface area contributed by atoms with Gasteiger partial charge in [0.15, 0.2) is 0 Å². The van der Waals surface area contributed by atoms with Crippen LogP contribution >= 0.6 is 27.5 Å². The number of hydrogen-bond donors (Lipinski definition) is 1. The van der Waals surface area contributed by atoms with Crippen LogP contribution in [0.4, 0.5) is 4.39 Å². The molecular formula is C14H16BrClFN3O. The Kier molecular flexibility index (Phi) is 4.58. The second-order valence-electron chi connectivity index (χ2n) is 5.30. The summed E-state index contributed by atoms with van der Waals surface area (Å²) in [5.41, 5.74) is 6.62. The highest BCUT2D eigenvalue weighted by atomic mass is 79.9. The molecule has 0 aliphatic heterocycles. The van der Waals surface area contributed by atoms with E-state index < -0.39 is 23.1 Å². The normalized spacial score (nSPS) is 14.6. The number of hydrogen-bond acceptors (Lipinski definition) is 2. The van der Waals surface area contributed by atoms with Crippen molar-refractivity contribution >= 4 is 44.5 Å². The van der Waals surface area contributed by atoms with Crippen LogP contribution in [0.1, 0.15) is 38.0 Å². The van der Waals surface area contributed by atoms with E-state index >= 15 is 0 Å². The molecule has 1 aromatic carbocycles. The molecule has 0 saturated carbocycles. The van der Waals surface area contributed by atoms with Gasteiger partial charge in [-0.25, -0.2) is 9.37 Å². The van der Waals surface area contributed by atoms with E-state index in [0.29, 0.717) is 21.3 Å². The SMILES string of the molecule is CC(Cl)c1nc2cc(F)c(Br)cc2n1C(C(N)=O)C(C)C. The van der Waals surface area contributed by atoms with Crippen molar-refractivity contribution in [2.75, 3.05) is 0 Å². The van der Waals surface area contributed by atoms with E-state index in [2.05, 4.69) is 20.9 Å². The van der Waals surface area contributed by atoms with Crippen LogP contribution in [0.15, 0.2) is 16.6 Å². The largest absolute Gasteiger partial charge is 0.368 e. The fourth-order valence-electron chi connectivity index (χ4n) is 2.44.